The van der Waals surface area contributed by atoms with Gasteiger partial charge in [0.15, 0.2) is 0 Å². The first-order valence-electron chi connectivity index (χ1n) is 7.03. The van der Waals surface area contributed by atoms with E-state index in [4.69, 9.17) is 4.74 Å². The Morgan fingerprint density at radius 3 is 2.85 bits per heavy atom. The highest BCUT2D eigenvalue weighted by Gasteiger charge is 2.26. The number of rotatable bonds is 2. The Bertz CT molecular complexity index is 476. The number of hydrogen-bond acceptors (Lipinski definition) is 4. The Morgan fingerprint density at radius 1 is 1.50 bits per heavy atom. The van der Waals surface area contributed by atoms with Crippen molar-refractivity contribution in [1.82, 2.24) is 10.3 Å². The van der Waals surface area contributed by atoms with Crippen molar-refractivity contribution in [3.8, 4) is 0 Å². The molecule has 1 aromatic heterocycles. The van der Waals surface area contributed by atoms with Crippen LogP contribution < -0.4 is 10.2 Å². The molecule has 1 aromatic rings. The Labute approximate surface area is 120 Å². The van der Waals surface area contributed by atoms with Crippen molar-refractivity contribution in [3.63, 3.8) is 0 Å². The molecule has 1 N–H and O–H groups in total. The van der Waals surface area contributed by atoms with Crippen LogP contribution in [-0.2, 0) is 4.74 Å². The molecule has 1 aliphatic rings. The Hall–Kier alpha value is -1.62. The molecule has 0 saturated carbocycles. The summed E-state index contributed by atoms with van der Waals surface area (Å²) >= 11 is 0. The van der Waals surface area contributed by atoms with Crippen LogP contribution in [-0.4, -0.2) is 30.3 Å². The lowest BCUT2D eigenvalue weighted by atomic mass is 10.1. The first-order valence-corrected chi connectivity index (χ1v) is 7.03. The predicted octanol–water partition coefficient (Wildman–Crippen LogP) is 2.88. The van der Waals surface area contributed by atoms with Crippen molar-refractivity contribution in [2.24, 2.45) is 0 Å². The van der Waals surface area contributed by atoms with Gasteiger partial charge in [-0.15, -0.1) is 0 Å². The lowest BCUT2D eigenvalue weighted by Crippen LogP contribution is -2.35. The van der Waals surface area contributed by atoms with Crippen molar-refractivity contribution in [1.29, 1.82) is 0 Å². The summed E-state index contributed by atoms with van der Waals surface area (Å²) < 4.78 is 5.40. The molecule has 1 aliphatic heterocycles. The fourth-order valence-corrected chi connectivity index (χ4v) is 2.33. The number of nitrogens with one attached hydrogen (secondary N) is 1. The minimum Gasteiger partial charge on any atom is -0.443 e. The van der Waals surface area contributed by atoms with Gasteiger partial charge in [0.05, 0.1) is 0 Å². The van der Waals surface area contributed by atoms with E-state index >= 15 is 0 Å². The number of aromatic nitrogens is 1. The molecular weight excluding hydrogens is 254 g/mol. The van der Waals surface area contributed by atoms with Crippen molar-refractivity contribution in [2.45, 2.75) is 45.3 Å². The zero-order valence-electron chi connectivity index (χ0n) is 12.6. The van der Waals surface area contributed by atoms with Crippen LogP contribution in [0.25, 0.3) is 0 Å². The van der Waals surface area contributed by atoms with Gasteiger partial charge >= 0.3 is 6.09 Å². The summed E-state index contributed by atoms with van der Waals surface area (Å²) in [7, 11) is 1.70. The van der Waals surface area contributed by atoms with Gasteiger partial charge in [-0.25, -0.2) is 9.78 Å². The predicted molar refractivity (Wildman–Crippen MR) is 78.9 cm³/mol. The van der Waals surface area contributed by atoms with E-state index in [2.05, 4.69) is 10.3 Å². The lowest BCUT2D eigenvalue weighted by molar-refractivity contribution is 0.0588. The SMILES string of the molecule is CN(C(=O)OC(C)(C)C)c1ncccc1[C@@H]1CCCN1. The van der Waals surface area contributed by atoms with E-state index in [1.54, 1.807) is 13.2 Å². The second-order valence-electron chi connectivity index (χ2n) is 6.10. The number of nitrogens with zero attached hydrogens (tertiary/aromatic N) is 2. The number of amides is 1. The standard InChI is InChI=1S/C15H23N3O2/c1-15(2,3)20-14(19)18(4)13-11(7-5-10-17-13)12-8-6-9-16-12/h5,7,10,12,16H,6,8-9H2,1-4H3/t12-/m0/s1. The second kappa shape index (κ2) is 5.79. The molecule has 2 rings (SSSR count). The van der Waals surface area contributed by atoms with Crippen molar-refractivity contribution < 1.29 is 9.53 Å². The van der Waals surface area contributed by atoms with Gasteiger partial charge in [0.1, 0.15) is 11.4 Å². The zero-order valence-corrected chi connectivity index (χ0v) is 12.6. The van der Waals surface area contributed by atoms with Crippen LogP contribution in [0.1, 0.15) is 45.2 Å². The fourth-order valence-electron chi connectivity index (χ4n) is 2.33. The molecule has 20 heavy (non-hydrogen) atoms. The van der Waals surface area contributed by atoms with E-state index < -0.39 is 5.60 Å². The maximum atomic E-state index is 12.2. The van der Waals surface area contributed by atoms with Gasteiger partial charge in [0, 0.05) is 24.8 Å². The molecule has 5 nitrogen and oxygen atoms in total. The largest absolute Gasteiger partial charge is 0.443 e. The van der Waals surface area contributed by atoms with Gasteiger partial charge in [0.2, 0.25) is 0 Å². The molecule has 0 bridgehead atoms. The third-order valence-electron chi connectivity index (χ3n) is 3.24. The Balaban J connectivity index is 2.21. The molecule has 110 valence electrons. The lowest BCUT2D eigenvalue weighted by Gasteiger charge is -2.26. The summed E-state index contributed by atoms with van der Waals surface area (Å²) in [5.74, 6) is 0.668. The van der Waals surface area contributed by atoms with Gasteiger partial charge in [-0.3, -0.25) is 4.90 Å². The Morgan fingerprint density at radius 2 is 2.25 bits per heavy atom. The summed E-state index contributed by atoms with van der Waals surface area (Å²) in [4.78, 5) is 18.0. The third kappa shape index (κ3) is 3.48. The average molecular weight is 277 g/mol. The van der Waals surface area contributed by atoms with Gasteiger partial charge in [-0.1, -0.05) is 6.07 Å². The van der Waals surface area contributed by atoms with E-state index in [1.807, 2.05) is 32.9 Å². The summed E-state index contributed by atoms with van der Waals surface area (Å²) in [5, 5.41) is 3.44. The van der Waals surface area contributed by atoms with Crippen LogP contribution in [0.3, 0.4) is 0 Å². The first kappa shape index (κ1) is 14.8. The molecule has 0 spiro atoms. The van der Waals surface area contributed by atoms with Crippen LogP contribution in [0, 0.1) is 0 Å². The Kier molecular flexibility index (Phi) is 4.28. The number of carbonyl (C=O) groups excluding carboxylic acids is 1. The average Bonchev–Trinajstić information content (AvgIpc) is 2.89. The fraction of sp³-hybridized carbons (Fsp3) is 0.600. The molecule has 2 heterocycles. The number of ether oxygens (including phenoxy) is 1. The molecule has 0 radical (unpaired) electrons. The van der Waals surface area contributed by atoms with Gasteiger partial charge in [-0.05, 0) is 46.2 Å². The third-order valence-corrected chi connectivity index (χ3v) is 3.24. The molecular formula is C15H23N3O2. The zero-order chi connectivity index (χ0) is 14.8. The van der Waals surface area contributed by atoms with Gasteiger partial charge in [-0.2, -0.15) is 0 Å². The summed E-state index contributed by atoms with van der Waals surface area (Å²) in [6, 6.07) is 4.19. The maximum absolute atomic E-state index is 12.2. The molecule has 0 unspecified atom stereocenters. The van der Waals surface area contributed by atoms with E-state index in [0.29, 0.717) is 5.82 Å². The van der Waals surface area contributed by atoms with Crippen LogP contribution >= 0.6 is 0 Å². The van der Waals surface area contributed by atoms with E-state index in [1.165, 1.54) is 4.90 Å². The second-order valence-corrected chi connectivity index (χ2v) is 6.10. The topological polar surface area (TPSA) is 54.5 Å². The molecule has 1 saturated heterocycles. The minimum absolute atomic E-state index is 0.267. The van der Waals surface area contributed by atoms with E-state index in [9.17, 15) is 4.79 Å². The number of anilines is 1. The highest BCUT2D eigenvalue weighted by Crippen LogP contribution is 2.29. The first-order chi connectivity index (χ1) is 9.38. The van der Waals surface area contributed by atoms with Gasteiger partial charge in [0.25, 0.3) is 0 Å². The van der Waals surface area contributed by atoms with Crippen molar-refractivity contribution in [2.75, 3.05) is 18.5 Å². The van der Waals surface area contributed by atoms with Crippen LogP contribution in [0.5, 0.6) is 0 Å². The summed E-state index contributed by atoms with van der Waals surface area (Å²) in [5.41, 5.74) is 0.546. The molecule has 1 atom stereocenters. The van der Waals surface area contributed by atoms with Crippen molar-refractivity contribution in [3.05, 3.63) is 23.9 Å². The molecule has 5 heteroatoms. The smallest absolute Gasteiger partial charge is 0.415 e. The molecule has 1 amide bonds. The molecule has 0 aromatic carbocycles. The van der Waals surface area contributed by atoms with Crippen LogP contribution in [0.4, 0.5) is 10.6 Å². The molecule has 1 fully saturated rings. The number of carbonyl (C=O) groups is 1. The monoisotopic (exact) mass is 277 g/mol. The normalized spacial score (nSPS) is 18.9. The van der Waals surface area contributed by atoms with Crippen LogP contribution in [0.2, 0.25) is 0 Å². The van der Waals surface area contributed by atoms with Crippen molar-refractivity contribution >= 4 is 11.9 Å². The molecule has 0 aliphatic carbocycles. The maximum Gasteiger partial charge on any atom is 0.415 e. The number of pyridine rings is 1. The highest BCUT2D eigenvalue weighted by molar-refractivity contribution is 5.87. The van der Waals surface area contributed by atoms with E-state index in [0.717, 1.165) is 24.9 Å². The quantitative estimate of drug-likeness (QED) is 0.903. The minimum atomic E-state index is -0.508. The summed E-state index contributed by atoms with van der Waals surface area (Å²) in [6.45, 7) is 6.58. The number of hydrogen-bond donors (Lipinski definition) is 1. The van der Waals surface area contributed by atoms with Gasteiger partial charge < -0.3 is 10.1 Å². The van der Waals surface area contributed by atoms with Crippen LogP contribution in [0.15, 0.2) is 18.3 Å². The summed E-state index contributed by atoms with van der Waals surface area (Å²) in [6.07, 6.45) is 3.54. The highest BCUT2D eigenvalue weighted by atomic mass is 16.6. The van der Waals surface area contributed by atoms with E-state index in [-0.39, 0.29) is 12.1 Å².